The fraction of sp³-hybridized carbons (Fsp3) is 0.660. The minimum absolute atomic E-state index is 0.226. The highest BCUT2D eigenvalue weighted by Gasteiger charge is 2.43. The van der Waals surface area contributed by atoms with Crippen molar-refractivity contribution in [3.8, 4) is 16.9 Å². The molecule has 57 heavy (non-hydrogen) atoms. The summed E-state index contributed by atoms with van der Waals surface area (Å²) in [5.74, 6) is 0.652. The smallest absolute Gasteiger partial charge is 0.123 e. The van der Waals surface area contributed by atoms with E-state index in [2.05, 4.69) is 65.3 Å². The zero-order chi connectivity index (χ0) is 40.1. The zero-order valence-electron chi connectivity index (χ0n) is 36.3. The molecule has 4 rings (SSSR count). The van der Waals surface area contributed by atoms with E-state index < -0.39 is 4.32 Å². The minimum atomic E-state index is -0.599. The van der Waals surface area contributed by atoms with Gasteiger partial charge in [0.25, 0.3) is 0 Å². The SMILES string of the molecule is CCCCCCCCCCCCCCCCCCCCCCOCCCCCCCCCCCCOc1ccc2c(c1)C(Br)(c1cccc(F)c1)c1ccccc1-2. The fourth-order valence-electron chi connectivity index (χ4n) is 8.78. The molecule has 1 atom stereocenters. The van der Waals surface area contributed by atoms with E-state index in [0.29, 0.717) is 0 Å². The molecule has 0 aromatic heterocycles. The second-order valence-electron chi connectivity index (χ2n) is 17.1. The quantitative estimate of drug-likeness (QED) is 0.0429. The average molecular weight is 848 g/mol. The molecule has 0 saturated heterocycles. The Hall–Kier alpha value is -2.17. The number of hydrogen-bond donors (Lipinski definition) is 0. The Labute approximate surface area is 358 Å². The molecule has 1 aliphatic rings. The molecule has 3 aromatic carbocycles. The molecular weight excluding hydrogens is 767 g/mol. The summed E-state index contributed by atoms with van der Waals surface area (Å²) in [7, 11) is 0. The maximum Gasteiger partial charge on any atom is 0.123 e. The number of ether oxygens (including phenoxy) is 2. The van der Waals surface area contributed by atoms with Crippen LogP contribution in [0, 0.1) is 5.82 Å². The summed E-state index contributed by atoms with van der Waals surface area (Å²) in [5, 5.41) is 0. The predicted octanol–water partition coefficient (Wildman–Crippen LogP) is 17.6. The number of alkyl halides is 1. The van der Waals surface area contributed by atoms with Crippen LogP contribution < -0.4 is 4.74 Å². The van der Waals surface area contributed by atoms with Crippen LogP contribution in [0.2, 0.25) is 0 Å². The predicted molar refractivity (Wildman–Crippen MR) is 248 cm³/mol. The van der Waals surface area contributed by atoms with Crippen molar-refractivity contribution in [1.29, 1.82) is 0 Å². The molecule has 0 aliphatic heterocycles. The lowest BCUT2D eigenvalue weighted by atomic mass is 9.89. The van der Waals surface area contributed by atoms with Crippen LogP contribution in [0.25, 0.3) is 11.1 Å². The van der Waals surface area contributed by atoms with E-state index in [9.17, 15) is 4.39 Å². The first kappa shape index (κ1) is 47.5. The molecule has 3 aromatic rings. The van der Waals surface area contributed by atoms with Crippen molar-refractivity contribution < 1.29 is 13.9 Å². The van der Waals surface area contributed by atoms with Crippen LogP contribution in [0.3, 0.4) is 0 Å². The molecule has 2 nitrogen and oxygen atoms in total. The van der Waals surface area contributed by atoms with Gasteiger partial charge < -0.3 is 9.47 Å². The molecule has 0 spiro atoms. The van der Waals surface area contributed by atoms with Crippen molar-refractivity contribution in [2.24, 2.45) is 0 Å². The molecule has 0 amide bonds. The molecule has 0 saturated carbocycles. The maximum absolute atomic E-state index is 14.3. The lowest BCUT2D eigenvalue weighted by molar-refractivity contribution is 0.125. The van der Waals surface area contributed by atoms with Crippen LogP contribution in [-0.4, -0.2) is 19.8 Å². The van der Waals surface area contributed by atoms with Crippen molar-refractivity contribution in [3.63, 3.8) is 0 Å². The van der Waals surface area contributed by atoms with Gasteiger partial charge in [0.15, 0.2) is 0 Å². The van der Waals surface area contributed by atoms with Gasteiger partial charge in [-0.2, -0.15) is 0 Å². The summed E-state index contributed by atoms with van der Waals surface area (Å²) in [6.07, 6.45) is 41.4. The van der Waals surface area contributed by atoms with Gasteiger partial charge in [-0.3, -0.25) is 0 Å². The van der Waals surface area contributed by atoms with Crippen LogP contribution in [0.15, 0.2) is 66.7 Å². The van der Waals surface area contributed by atoms with Crippen LogP contribution >= 0.6 is 15.9 Å². The maximum atomic E-state index is 14.3. The first-order valence-corrected chi connectivity index (χ1v) is 24.8. The monoisotopic (exact) mass is 847 g/mol. The number of benzene rings is 3. The van der Waals surface area contributed by atoms with Crippen LogP contribution in [0.1, 0.15) is 216 Å². The second-order valence-corrected chi connectivity index (χ2v) is 18.3. The van der Waals surface area contributed by atoms with Gasteiger partial charge in [-0.05, 0) is 71.3 Å². The normalized spacial score (nSPS) is 14.6. The van der Waals surface area contributed by atoms with E-state index in [1.165, 1.54) is 203 Å². The van der Waals surface area contributed by atoms with Gasteiger partial charge in [-0.25, -0.2) is 4.39 Å². The molecule has 1 unspecified atom stereocenters. The van der Waals surface area contributed by atoms with Crippen LogP contribution in [0.4, 0.5) is 4.39 Å². The number of fused-ring (bicyclic) bond motifs is 3. The summed E-state index contributed by atoms with van der Waals surface area (Å²) in [6.45, 7) is 4.93. The molecular formula is C53H80BrFO2. The van der Waals surface area contributed by atoms with Gasteiger partial charge in [-0.15, -0.1) is 0 Å². The number of halogens is 2. The van der Waals surface area contributed by atoms with Gasteiger partial charge >= 0.3 is 0 Å². The van der Waals surface area contributed by atoms with Gasteiger partial charge in [0, 0.05) is 13.2 Å². The third-order valence-corrected chi connectivity index (χ3v) is 13.6. The van der Waals surface area contributed by atoms with E-state index in [4.69, 9.17) is 9.47 Å². The standard InChI is InChI=1S/C53H80BrFO2/c1-2-3-4-5-6-7-8-9-10-11-12-13-14-15-16-17-20-23-26-31-41-56-42-32-27-24-21-18-19-22-25-28-33-43-57-48-39-40-50-49-37-29-30-38-51(49)53(54,52(50)45-48)46-35-34-36-47(55)44-46/h29-30,34-40,44-45H,2-28,31-33,41-43H2,1H3. The van der Waals surface area contributed by atoms with Gasteiger partial charge in [0.05, 0.1) is 6.61 Å². The minimum Gasteiger partial charge on any atom is -0.494 e. The topological polar surface area (TPSA) is 18.5 Å². The Balaban J connectivity index is 0.870. The number of hydrogen-bond acceptors (Lipinski definition) is 2. The third kappa shape index (κ3) is 17.9. The first-order valence-electron chi connectivity index (χ1n) is 24.0. The van der Waals surface area contributed by atoms with Crippen molar-refractivity contribution in [1.82, 2.24) is 0 Å². The summed E-state index contributed by atoms with van der Waals surface area (Å²) in [4.78, 5) is 0. The van der Waals surface area contributed by atoms with E-state index >= 15 is 0 Å². The van der Waals surface area contributed by atoms with Crippen molar-refractivity contribution in [2.75, 3.05) is 19.8 Å². The Kier molecular flexibility index (Phi) is 25.0. The zero-order valence-corrected chi connectivity index (χ0v) is 37.8. The Morgan fingerprint density at radius 2 is 0.877 bits per heavy atom. The Bertz CT molecular complexity index is 1460. The lowest BCUT2D eigenvalue weighted by Gasteiger charge is -2.26. The molecule has 0 radical (unpaired) electrons. The first-order chi connectivity index (χ1) is 28.1. The van der Waals surface area contributed by atoms with E-state index in [1.54, 1.807) is 12.1 Å². The summed E-state index contributed by atoms with van der Waals surface area (Å²) in [6, 6.07) is 21.7. The highest BCUT2D eigenvalue weighted by atomic mass is 79.9. The molecule has 0 bridgehead atoms. The molecule has 318 valence electrons. The largest absolute Gasteiger partial charge is 0.494 e. The number of rotatable bonds is 36. The van der Waals surface area contributed by atoms with Crippen LogP contribution in [-0.2, 0) is 9.06 Å². The highest BCUT2D eigenvalue weighted by molar-refractivity contribution is 9.10. The molecule has 4 heteroatoms. The van der Waals surface area contributed by atoms with Crippen molar-refractivity contribution in [3.05, 3.63) is 89.2 Å². The second kappa shape index (κ2) is 29.9. The highest BCUT2D eigenvalue weighted by Crippen LogP contribution is 2.56. The summed E-state index contributed by atoms with van der Waals surface area (Å²) >= 11 is 4.07. The van der Waals surface area contributed by atoms with Crippen molar-refractivity contribution in [2.45, 2.75) is 204 Å². The Morgan fingerprint density at radius 3 is 1.37 bits per heavy atom. The molecule has 0 heterocycles. The van der Waals surface area contributed by atoms with Gasteiger partial charge in [0.2, 0.25) is 0 Å². The molecule has 1 aliphatic carbocycles. The van der Waals surface area contributed by atoms with E-state index in [0.717, 1.165) is 48.7 Å². The van der Waals surface area contributed by atoms with Crippen molar-refractivity contribution >= 4 is 15.9 Å². The lowest BCUT2D eigenvalue weighted by Crippen LogP contribution is -2.18. The summed E-state index contributed by atoms with van der Waals surface area (Å²) < 4.78 is 25.9. The van der Waals surface area contributed by atoms with Gasteiger partial charge in [0.1, 0.15) is 15.9 Å². The number of unbranched alkanes of at least 4 members (excludes halogenated alkanes) is 28. The third-order valence-electron chi connectivity index (χ3n) is 12.3. The van der Waals surface area contributed by atoms with Gasteiger partial charge in [-0.1, -0.05) is 239 Å². The molecule has 0 fully saturated rings. The fourth-order valence-corrected chi connectivity index (χ4v) is 9.70. The van der Waals surface area contributed by atoms with E-state index in [-0.39, 0.29) is 5.82 Å². The molecule has 0 N–H and O–H groups in total. The van der Waals surface area contributed by atoms with Crippen LogP contribution in [0.5, 0.6) is 5.75 Å². The Morgan fingerprint density at radius 1 is 0.439 bits per heavy atom. The van der Waals surface area contributed by atoms with E-state index in [1.807, 2.05) is 6.07 Å². The average Bonchev–Trinajstić information content (AvgIpc) is 3.49. The summed E-state index contributed by atoms with van der Waals surface area (Å²) in [5.41, 5.74) is 5.50.